The number of benzene rings is 1. The molecule has 6 nitrogen and oxygen atoms in total. The summed E-state index contributed by atoms with van der Waals surface area (Å²) in [5, 5.41) is 13.9. The molecule has 0 saturated carbocycles. The Balaban J connectivity index is 1.48. The summed E-state index contributed by atoms with van der Waals surface area (Å²) in [6, 6.07) is 5.10. The molecule has 2 aromatic rings. The van der Waals surface area contributed by atoms with Crippen LogP contribution in [0.2, 0.25) is 0 Å². The molecule has 0 spiro atoms. The Labute approximate surface area is 155 Å². The van der Waals surface area contributed by atoms with Crippen LogP contribution in [0.3, 0.4) is 0 Å². The van der Waals surface area contributed by atoms with Crippen molar-refractivity contribution in [3.63, 3.8) is 0 Å². The molecular formula is C18H22F3N5O. The highest BCUT2D eigenvalue weighted by Crippen LogP contribution is 2.29. The van der Waals surface area contributed by atoms with Crippen LogP contribution in [0.1, 0.15) is 34.5 Å². The molecule has 0 aliphatic carbocycles. The minimum Gasteiger partial charge on any atom is -0.350 e. The van der Waals surface area contributed by atoms with Gasteiger partial charge in [0.2, 0.25) is 0 Å². The third-order valence-electron chi connectivity index (χ3n) is 4.57. The molecule has 2 heterocycles. The first-order valence-electron chi connectivity index (χ1n) is 8.97. The summed E-state index contributed by atoms with van der Waals surface area (Å²) in [5.74, 6) is 0.0901. The van der Waals surface area contributed by atoms with Crippen molar-refractivity contribution < 1.29 is 18.0 Å². The minimum absolute atomic E-state index is 0.211. The lowest BCUT2D eigenvalue weighted by atomic mass is 10.00. The number of nitrogens with zero attached hydrogens (tertiary/aromatic N) is 3. The van der Waals surface area contributed by atoms with E-state index in [-0.39, 0.29) is 18.1 Å². The monoisotopic (exact) mass is 381 g/mol. The smallest absolute Gasteiger partial charge is 0.350 e. The van der Waals surface area contributed by atoms with Crippen LogP contribution < -0.4 is 10.6 Å². The highest BCUT2D eigenvalue weighted by atomic mass is 19.4. The summed E-state index contributed by atoms with van der Waals surface area (Å²) in [6.07, 6.45) is -0.217. The Hall–Kier alpha value is -2.42. The first kappa shape index (κ1) is 19.3. The van der Waals surface area contributed by atoms with E-state index < -0.39 is 11.7 Å². The third-order valence-corrected chi connectivity index (χ3v) is 4.57. The summed E-state index contributed by atoms with van der Waals surface area (Å²) in [7, 11) is 0. The van der Waals surface area contributed by atoms with Gasteiger partial charge in [-0.05, 0) is 49.9 Å². The molecule has 146 valence electrons. The molecule has 1 amide bonds. The largest absolute Gasteiger partial charge is 0.416 e. The Kier molecular flexibility index (Phi) is 6.10. The second-order valence-corrected chi connectivity index (χ2v) is 6.74. The molecule has 1 atom stereocenters. The molecule has 2 N–H and O–H groups in total. The lowest BCUT2D eigenvalue weighted by molar-refractivity contribution is -0.137. The SMILES string of the molecule is O=C(NCCc1cccc(C(F)(F)F)c1)c1cn(C[C@H]2CCCNC2)nn1. The van der Waals surface area contributed by atoms with Crippen LogP contribution in [-0.4, -0.2) is 40.5 Å². The van der Waals surface area contributed by atoms with E-state index in [0.29, 0.717) is 24.4 Å². The number of piperidine rings is 1. The zero-order valence-corrected chi connectivity index (χ0v) is 14.8. The standard InChI is InChI=1S/C18H22F3N5O/c19-18(20,21)15-5-1-3-13(9-15)6-8-23-17(27)16-12-26(25-24-16)11-14-4-2-7-22-10-14/h1,3,5,9,12,14,22H,2,4,6-8,10-11H2,(H,23,27)/t14-/m0/s1. The van der Waals surface area contributed by atoms with Crippen molar-refractivity contribution in [3.8, 4) is 0 Å². The number of amides is 1. The van der Waals surface area contributed by atoms with E-state index in [2.05, 4.69) is 20.9 Å². The first-order valence-corrected chi connectivity index (χ1v) is 8.97. The van der Waals surface area contributed by atoms with Gasteiger partial charge in [-0.2, -0.15) is 13.2 Å². The summed E-state index contributed by atoms with van der Waals surface area (Å²) in [4.78, 5) is 12.1. The van der Waals surface area contributed by atoms with Crippen LogP contribution in [-0.2, 0) is 19.1 Å². The summed E-state index contributed by atoms with van der Waals surface area (Å²) in [6.45, 7) is 2.89. The molecule has 1 aromatic heterocycles. The van der Waals surface area contributed by atoms with Gasteiger partial charge in [-0.3, -0.25) is 9.48 Å². The molecule has 1 saturated heterocycles. The molecule has 1 aromatic carbocycles. The molecule has 1 aliphatic rings. The maximum atomic E-state index is 12.7. The summed E-state index contributed by atoms with van der Waals surface area (Å²) in [5.41, 5.74) is 0.0351. The van der Waals surface area contributed by atoms with Crippen molar-refractivity contribution in [2.24, 2.45) is 5.92 Å². The molecule has 0 unspecified atom stereocenters. The van der Waals surface area contributed by atoms with Gasteiger partial charge in [-0.1, -0.05) is 23.4 Å². The second-order valence-electron chi connectivity index (χ2n) is 6.74. The Bertz CT molecular complexity index is 768. The summed E-state index contributed by atoms with van der Waals surface area (Å²) < 4.78 is 39.8. The third kappa shape index (κ3) is 5.53. The van der Waals surface area contributed by atoms with Crippen molar-refractivity contribution in [1.82, 2.24) is 25.6 Å². The van der Waals surface area contributed by atoms with Crippen LogP contribution >= 0.6 is 0 Å². The van der Waals surface area contributed by atoms with E-state index in [4.69, 9.17) is 0 Å². The molecule has 3 rings (SSSR count). The Morgan fingerprint density at radius 3 is 2.96 bits per heavy atom. The number of aromatic nitrogens is 3. The van der Waals surface area contributed by atoms with Gasteiger partial charge in [-0.25, -0.2) is 0 Å². The minimum atomic E-state index is -4.37. The molecule has 0 radical (unpaired) electrons. The quantitative estimate of drug-likeness (QED) is 0.805. The topological polar surface area (TPSA) is 71.8 Å². The van der Waals surface area contributed by atoms with E-state index in [9.17, 15) is 18.0 Å². The van der Waals surface area contributed by atoms with Crippen molar-refractivity contribution in [2.45, 2.75) is 32.0 Å². The van der Waals surface area contributed by atoms with E-state index in [0.717, 1.165) is 38.1 Å². The van der Waals surface area contributed by atoms with E-state index >= 15 is 0 Å². The Morgan fingerprint density at radius 2 is 2.22 bits per heavy atom. The van der Waals surface area contributed by atoms with Crippen molar-refractivity contribution in [3.05, 3.63) is 47.3 Å². The molecule has 1 aliphatic heterocycles. The Morgan fingerprint density at radius 1 is 1.37 bits per heavy atom. The van der Waals surface area contributed by atoms with Crippen molar-refractivity contribution in [2.75, 3.05) is 19.6 Å². The molecule has 9 heteroatoms. The number of rotatable bonds is 6. The maximum absolute atomic E-state index is 12.7. The predicted molar refractivity (Wildman–Crippen MR) is 93.1 cm³/mol. The fourth-order valence-electron chi connectivity index (χ4n) is 3.15. The number of carbonyl (C=O) groups excluding carboxylic acids is 1. The molecule has 27 heavy (non-hydrogen) atoms. The van der Waals surface area contributed by atoms with E-state index in [1.807, 2.05) is 0 Å². The molecule has 0 bridgehead atoms. The number of hydrogen-bond donors (Lipinski definition) is 2. The first-order chi connectivity index (χ1) is 12.9. The number of carbonyl (C=O) groups is 1. The second kappa shape index (κ2) is 8.51. The van der Waals surface area contributed by atoms with Crippen molar-refractivity contribution in [1.29, 1.82) is 0 Å². The highest BCUT2D eigenvalue weighted by Gasteiger charge is 2.30. The van der Waals surface area contributed by atoms with Crippen LogP contribution in [0.5, 0.6) is 0 Å². The van der Waals surface area contributed by atoms with E-state index in [1.165, 1.54) is 6.07 Å². The number of halogens is 3. The van der Waals surface area contributed by atoms with Crippen LogP contribution in [0.25, 0.3) is 0 Å². The molecular weight excluding hydrogens is 359 g/mol. The lowest BCUT2D eigenvalue weighted by Gasteiger charge is -2.22. The maximum Gasteiger partial charge on any atom is 0.416 e. The van der Waals surface area contributed by atoms with Crippen LogP contribution in [0.15, 0.2) is 30.5 Å². The van der Waals surface area contributed by atoms with Gasteiger partial charge in [0.15, 0.2) is 5.69 Å². The van der Waals surface area contributed by atoms with Gasteiger partial charge >= 0.3 is 6.18 Å². The van der Waals surface area contributed by atoms with Gasteiger partial charge in [0.05, 0.1) is 11.8 Å². The number of alkyl halides is 3. The van der Waals surface area contributed by atoms with Crippen LogP contribution in [0.4, 0.5) is 13.2 Å². The number of hydrogen-bond acceptors (Lipinski definition) is 4. The van der Waals surface area contributed by atoms with Gasteiger partial charge in [0.25, 0.3) is 5.91 Å². The normalized spacial score (nSPS) is 17.7. The zero-order chi connectivity index (χ0) is 19.3. The fourth-order valence-corrected chi connectivity index (χ4v) is 3.15. The lowest BCUT2D eigenvalue weighted by Crippen LogP contribution is -2.32. The average Bonchev–Trinajstić information content (AvgIpc) is 3.11. The van der Waals surface area contributed by atoms with Crippen LogP contribution in [0, 0.1) is 5.92 Å². The van der Waals surface area contributed by atoms with Gasteiger partial charge in [0, 0.05) is 13.1 Å². The predicted octanol–water partition coefficient (Wildman–Crippen LogP) is 2.27. The molecule has 1 fully saturated rings. The highest BCUT2D eigenvalue weighted by molar-refractivity contribution is 5.91. The van der Waals surface area contributed by atoms with Gasteiger partial charge in [0.1, 0.15) is 0 Å². The van der Waals surface area contributed by atoms with Crippen molar-refractivity contribution >= 4 is 5.91 Å². The average molecular weight is 381 g/mol. The number of nitrogens with one attached hydrogen (secondary N) is 2. The summed E-state index contributed by atoms with van der Waals surface area (Å²) >= 11 is 0. The fraction of sp³-hybridized carbons (Fsp3) is 0.500. The zero-order valence-electron chi connectivity index (χ0n) is 14.8. The van der Waals surface area contributed by atoms with Gasteiger partial charge < -0.3 is 10.6 Å². The van der Waals surface area contributed by atoms with Gasteiger partial charge in [-0.15, -0.1) is 5.10 Å². The van der Waals surface area contributed by atoms with E-state index in [1.54, 1.807) is 16.9 Å².